The second kappa shape index (κ2) is 7.37. The molecule has 0 saturated carbocycles. The molecule has 0 fully saturated rings. The van der Waals surface area contributed by atoms with Gasteiger partial charge in [-0.3, -0.25) is 9.71 Å². The van der Waals surface area contributed by atoms with Gasteiger partial charge in [0.2, 0.25) is 0 Å². The third kappa shape index (κ3) is 3.67. The van der Waals surface area contributed by atoms with Gasteiger partial charge in [-0.2, -0.15) is 0 Å². The number of benzene rings is 2. The highest BCUT2D eigenvalue weighted by molar-refractivity contribution is 7.92. The second-order valence-corrected chi connectivity index (χ2v) is 7.90. The van der Waals surface area contributed by atoms with Crippen LogP contribution in [0.5, 0.6) is 5.75 Å². The normalized spacial score (nSPS) is 14.3. The molecule has 26 heavy (non-hydrogen) atoms. The summed E-state index contributed by atoms with van der Waals surface area (Å²) in [6, 6.07) is 10.6. The third-order valence-electron chi connectivity index (χ3n) is 4.39. The Kier molecular flexibility index (Phi) is 5.18. The SMILES string of the molecule is COc1cc(C)c(C)cc1S(=O)(=O)Nc1ccccc1C1=NCCCN1. The molecule has 3 rings (SSSR count). The first-order chi connectivity index (χ1) is 12.4. The summed E-state index contributed by atoms with van der Waals surface area (Å²) in [5, 5.41) is 3.23. The minimum absolute atomic E-state index is 0.122. The zero-order valence-electron chi connectivity index (χ0n) is 15.2. The van der Waals surface area contributed by atoms with Crippen molar-refractivity contribution in [1.29, 1.82) is 0 Å². The molecule has 0 spiro atoms. The Morgan fingerprint density at radius 1 is 1.15 bits per heavy atom. The topological polar surface area (TPSA) is 79.8 Å². The zero-order chi connectivity index (χ0) is 18.7. The second-order valence-electron chi connectivity index (χ2n) is 6.25. The number of rotatable bonds is 5. The van der Waals surface area contributed by atoms with Gasteiger partial charge in [0, 0.05) is 18.7 Å². The molecule has 7 heteroatoms. The molecule has 2 N–H and O–H groups in total. The number of nitrogens with zero attached hydrogens (tertiary/aromatic N) is 1. The number of aliphatic imine (C=N–C) groups is 1. The van der Waals surface area contributed by atoms with E-state index in [-0.39, 0.29) is 4.90 Å². The van der Waals surface area contributed by atoms with E-state index in [1.54, 1.807) is 24.3 Å². The summed E-state index contributed by atoms with van der Waals surface area (Å²) in [5.74, 6) is 1.04. The molecule has 0 unspecified atom stereocenters. The van der Waals surface area contributed by atoms with Crippen LogP contribution in [0.15, 0.2) is 46.3 Å². The Morgan fingerprint density at radius 2 is 1.88 bits per heavy atom. The average Bonchev–Trinajstić information content (AvgIpc) is 2.64. The molecule has 0 bridgehead atoms. The first kappa shape index (κ1) is 18.3. The quantitative estimate of drug-likeness (QED) is 0.845. The van der Waals surface area contributed by atoms with Crippen LogP contribution >= 0.6 is 0 Å². The van der Waals surface area contributed by atoms with E-state index in [9.17, 15) is 8.42 Å². The summed E-state index contributed by atoms with van der Waals surface area (Å²) in [4.78, 5) is 4.59. The van der Waals surface area contributed by atoms with Gasteiger partial charge in [0.25, 0.3) is 10.0 Å². The molecular weight excluding hydrogens is 350 g/mol. The van der Waals surface area contributed by atoms with E-state index < -0.39 is 10.0 Å². The molecule has 2 aromatic carbocycles. The third-order valence-corrected chi connectivity index (χ3v) is 5.78. The first-order valence-corrected chi connectivity index (χ1v) is 9.96. The van der Waals surface area contributed by atoms with Gasteiger partial charge < -0.3 is 10.1 Å². The van der Waals surface area contributed by atoms with Crippen molar-refractivity contribution in [2.45, 2.75) is 25.2 Å². The summed E-state index contributed by atoms with van der Waals surface area (Å²) < 4.78 is 34.0. The molecule has 0 atom stereocenters. The molecule has 138 valence electrons. The van der Waals surface area contributed by atoms with Crippen molar-refractivity contribution in [2.24, 2.45) is 4.99 Å². The molecule has 0 amide bonds. The Morgan fingerprint density at radius 3 is 2.58 bits per heavy atom. The summed E-state index contributed by atoms with van der Waals surface area (Å²) in [6.07, 6.45) is 0.969. The number of hydrogen-bond donors (Lipinski definition) is 2. The van der Waals surface area contributed by atoms with Crippen molar-refractivity contribution in [1.82, 2.24) is 5.32 Å². The summed E-state index contributed by atoms with van der Waals surface area (Å²) in [6.45, 7) is 5.35. The van der Waals surface area contributed by atoms with Crippen LogP contribution in [0.4, 0.5) is 5.69 Å². The molecule has 0 saturated heterocycles. The lowest BCUT2D eigenvalue weighted by Crippen LogP contribution is -2.31. The number of anilines is 1. The van der Waals surface area contributed by atoms with Gasteiger partial charge in [-0.15, -0.1) is 0 Å². The number of ether oxygens (including phenoxy) is 1. The van der Waals surface area contributed by atoms with Crippen molar-refractivity contribution < 1.29 is 13.2 Å². The number of sulfonamides is 1. The van der Waals surface area contributed by atoms with E-state index in [0.29, 0.717) is 17.3 Å². The minimum atomic E-state index is -3.81. The van der Waals surface area contributed by atoms with Crippen molar-refractivity contribution in [3.05, 3.63) is 53.1 Å². The van der Waals surface area contributed by atoms with Crippen LogP contribution in [0.1, 0.15) is 23.1 Å². The molecule has 2 aromatic rings. The minimum Gasteiger partial charge on any atom is -0.495 e. The highest BCUT2D eigenvalue weighted by Crippen LogP contribution is 2.30. The zero-order valence-corrected chi connectivity index (χ0v) is 16.0. The maximum Gasteiger partial charge on any atom is 0.265 e. The van der Waals surface area contributed by atoms with Gasteiger partial charge in [0.15, 0.2) is 0 Å². The van der Waals surface area contributed by atoms with Crippen LogP contribution in [-0.2, 0) is 10.0 Å². The summed E-state index contributed by atoms with van der Waals surface area (Å²) in [7, 11) is -2.34. The maximum absolute atomic E-state index is 13.0. The van der Waals surface area contributed by atoms with Crippen molar-refractivity contribution in [3.63, 3.8) is 0 Å². The highest BCUT2D eigenvalue weighted by Gasteiger charge is 2.23. The van der Waals surface area contributed by atoms with Crippen LogP contribution in [0.25, 0.3) is 0 Å². The number of nitrogens with one attached hydrogen (secondary N) is 2. The molecular formula is C19H23N3O3S. The van der Waals surface area contributed by atoms with Crippen molar-refractivity contribution >= 4 is 21.5 Å². The molecule has 1 aliphatic heterocycles. The highest BCUT2D eigenvalue weighted by atomic mass is 32.2. The fourth-order valence-electron chi connectivity index (χ4n) is 2.82. The summed E-state index contributed by atoms with van der Waals surface area (Å²) in [5.41, 5.74) is 3.08. The smallest absolute Gasteiger partial charge is 0.265 e. The Labute approximate surface area is 154 Å². The number of para-hydroxylation sites is 1. The molecule has 1 heterocycles. The molecule has 0 aromatic heterocycles. The number of methoxy groups -OCH3 is 1. The predicted molar refractivity (Wildman–Crippen MR) is 104 cm³/mol. The molecule has 6 nitrogen and oxygen atoms in total. The lowest BCUT2D eigenvalue weighted by molar-refractivity contribution is 0.402. The predicted octanol–water partition coefficient (Wildman–Crippen LogP) is 2.85. The Balaban J connectivity index is 2.02. The Bertz CT molecular complexity index is 952. The standard InChI is InChI=1S/C19H23N3O3S/c1-13-11-17(25-3)18(12-14(13)2)26(23,24)22-16-8-5-4-7-15(16)19-20-9-6-10-21-19/h4-5,7-8,11-12,22H,6,9-10H2,1-3H3,(H,20,21). The monoisotopic (exact) mass is 373 g/mol. The number of aryl methyl sites for hydroxylation is 2. The molecule has 0 radical (unpaired) electrons. The van der Waals surface area contributed by atoms with Crippen molar-refractivity contribution in [2.75, 3.05) is 24.9 Å². The van der Waals surface area contributed by atoms with Gasteiger partial charge in [0.1, 0.15) is 16.5 Å². The lowest BCUT2D eigenvalue weighted by atomic mass is 10.1. The van der Waals surface area contributed by atoms with E-state index in [0.717, 1.165) is 36.2 Å². The number of hydrogen-bond acceptors (Lipinski definition) is 5. The van der Waals surface area contributed by atoms with E-state index in [2.05, 4.69) is 15.0 Å². The van der Waals surface area contributed by atoms with E-state index in [1.807, 2.05) is 26.0 Å². The fourth-order valence-corrected chi connectivity index (χ4v) is 4.14. The van der Waals surface area contributed by atoms with Crippen LogP contribution in [-0.4, -0.2) is 34.5 Å². The summed E-state index contributed by atoms with van der Waals surface area (Å²) >= 11 is 0. The van der Waals surface area contributed by atoms with Crippen LogP contribution in [0.3, 0.4) is 0 Å². The number of amidine groups is 1. The van der Waals surface area contributed by atoms with Crippen LogP contribution < -0.4 is 14.8 Å². The van der Waals surface area contributed by atoms with Gasteiger partial charge in [-0.25, -0.2) is 8.42 Å². The Hall–Kier alpha value is -2.54. The lowest BCUT2D eigenvalue weighted by Gasteiger charge is -2.19. The maximum atomic E-state index is 13.0. The molecule has 0 aliphatic carbocycles. The van der Waals surface area contributed by atoms with E-state index in [1.165, 1.54) is 7.11 Å². The largest absolute Gasteiger partial charge is 0.495 e. The van der Waals surface area contributed by atoms with Crippen LogP contribution in [0, 0.1) is 13.8 Å². The van der Waals surface area contributed by atoms with Gasteiger partial charge >= 0.3 is 0 Å². The van der Waals surface area contributed by atoms with Crippen LogP contribution in [0.2, 0.25) is 0 Å². The average molecular weight is 373 g/mol. The van der Waals surface area contributed by atoms with Gasteiger partial charge in [0.05, 0.1) is 12.8 Å². The van der Waals surface area contributed by atoms with E-state index in [4.69, 9.17) is 4.74 Å². The van der Waals surface area contributed by atoms with Gasteiger partial charge in [-0.1, -0.05) is 12.1 Å². The van der Waals surface area contributed by atoms with Crippen molar-refractivity contribution in [3.8, 4) is 5.75 Å². The fraction of sp³-hybridized carbons (Fsp3) is 0.316. The first-order valence-electron chi connectivity index (χ1n) is 8.48. The molecule has 1 aliphatic rings. The van der Waals surface area contributed by atoms with Gasteiger partial charge in [-0.05, 0) is 55.7 Å². The van der Waals surface area contributed by atoms with E-state index >= 15 is 0 Å².